The smallest absolute Gasteiger partial charge is 0.307 e. The van der Waals surface area contributed by atoms with E-state index in [-0.39, 0.29) is 27.2 Å². The molecule has 2 aromatic carbocycles. The monoisotopic (exact) mass is 597 g/mol. The number of rotatable bonds is 7. The SMILES string of the molecule is CN(CC(=O)c1ccc(/C(F)=C/C(c2cc(Cl)c(Cl)c(Cl)c2)C(F)(F)F)cc1C(F)(F)F)P(C)(C)=O. The van der Waals surface area contributed by atoms with Crippen LogP contribution in [0.4, 0.5) is 30.7 Å². The van der Waals surface area contributed by atoms with Crippen LogP contribution in [-0.4, -0.2) is 43.6 Å². The van der Waals surface area contributed by atoms with Gasteiger partial charge in [-0.2, -0.15) is 26.3 Å². The van der Waals surface area contributed by atoms with Gasteiger partial charge >= 0.3 is 12.4 Å². The molecule has 14 heteroatoms. The lowest BCUT2D eigenvalue weighted by Crippen LogP contribution is -2.25. The van der Waals surface area contributed by atoms with Crippen molar-refractivity contribution in [1.29, 1.82) is 0 Å². The average Bonchev–Trinajstić information content (AvgIpc) is 2.72. The first kappa shape index (κ1) is 30.6. The number of halogens is 10. The molecule has 0 saturated heterocycles. The molecule has 0 aliphatic heterocycles. The Kier molecular flexibility index (Phi) is 9.39. The minimum absolute atomic E-state index is 0.0745. The summed E-state index contributed by atoms with van der Waals surface area (Å²) in [5.74, 6) is -5.31. The molecule has 198 valence electrons. The van der Waals surface area contributed by atoms with E-state index in [0.717, 1.165) is 22.9 Å². The van der Waals surface area contributed by atoms with Crippen LogP contribution in [0, 0.1) is 0 Å². The third-order valence-corrected chi connectivity index (χ3v) is 8.11. The fraction of sp³-hybridized carbons (Fsp3) is 0.318. The van der Waals surface area contributed by atoms with Crippen molar-refractivity contribution in [3.8, 4) is 0 Å². The van der Waals surface area contributed by atoms with Crippen molar-refractivity contribution in [2.45, 2.75) is 18.3 Å². The number of benzene rings is 2. The lowest BCUT2D eigenvalue weighted by Gasteiger charge is -2.22. The lowest BCUT2D eigenvalue weighted by atomic mass is 9.95. The lowest BCUT2D eigenvalue weighted by molar-refractivity contribution is -0.140. The number of nitrogens with zero attached hydrogens (tertiary/aromatic N) is 1. The van der Waals surface area contributed by atoms with Crippen LogP contribution >= 0.6 is 42.1 Å². The normalized spacial score (nSPS) is 14.3. The van der Waals surface area contributed by atoms with Crippen LogP contribution in [0.3, 0.4) is 0 Å². The van der Waals surface area contributed by atoms with Crippen molar-refractivity contribution in [3.05, 3.63) is 73.7 Å². The Morgan fingerprint density at radius 2 is 1.56 bits per heavy atom. The zero-order valence-electron chi connectivity index (χ0n) is 18.7. The minimum Gasteiger partial charge on any atom is -0.307 e. The third kappa shape index (κ3) is 7.48. The van der Waals surface area contributed by atoms with Gasteiger partial charge in [-0.05, 0) is 36.9 Å². The molecule has 1 unspecified atom stereocenters. The van der Waals surface area contributed by atoms with Gasteiger partial charge in [0.15, 0.2) is 5.78 Å². The van der Waals surface area contributed by atoms with E-state index < -0.39 is 66.0 Å². The molecule has 0 spiro atoms. The number of carbonyl (C=O) groups excluding carboxylic acids is 1. The molecular formula is C22H18Cl3F7NO2P. The van der Waals surface area contributed by atoms with Crippen LogP contribution in [0.1, 0.15) is 33.0 Å². The molecule has 0 fully saturated rings. The second kappa shape index (κ2) is 11.0. The molecule has 0 N–H and O–H groups in total. The molecule has 0 amide bonds. The number of allylic oxidation sites excluding steroid dienone is 1. The first-order chi connectivity index (χ1) is 16.2. The molecule has 2 rings (SSSR count). The summed E-state index contributed by atoms with van der Waals surface area (Å²) in [6.45, 7) is 2.00. The Bertz CT molecular complexity index is 1220. The summed E-state index contributed by atoms with van der Waals surface area (Å²) >= 11 is 17.3. The average molecular weight is 599 g/mol. The number of carbonyl (C=O) groups is 1. The van der Waals surface area contributed by atoms with Gasteiger partial charge in [0.1, 0.15) is 19.0 Å². The van der Waals surface area contributed by atoms with E-state index in [2.05, 4.69) is 0 Å². The van der Waals surface area contributed by atoms with Gasteiger partial charge in [0, 0.05) is 24.5 Å². The van der Waals surface area contributed by atoms with E-state index in [9.17, 15) is 40.1 Å². The first-order valence-corrected chi connectivity index (χ1v) is 13.5. The van der Waals surface area contributed by atoms with Gasteiger partial charge in [0.05, 0.1) is 27.2 Å². The number of likely N-dealkylation sites (N-methyl/N-ethyl adjacent to an activating group) is 1. The van der Waals surface area contributed by atoms with Gasteiger partial charge in [-0.1, -0.05) is 46.9 Å². The van der Waals surface area contributed by atoms with Crippen LogP contribution < -0.4 is 0 Å². The zero-order chi connectivity index (χ0) is 27.8. The zero-order valence-corrected chi connectivity index (χ0v) is 21.9. The molecule has 0 saturated carbocycles. The summed E-state index contributed by atoms with van der Waals surface area (Å²) in [5, 5.41) is -0.896. The Morgan fingerprint density at radius 1 is 1.03 bits per heavy atom. The van der Waals surface area contributed by atoms with Gasteiger partial charge in [-0.3, -0.25) is 4.79 Å². The Hall–Kier alpha value is -1.58. The van der Waals surface area contributed by atoms with Crippen molar-refractivity contribution in [2.24, 2.45) is 0 Å². The molecule has 0 aliphatic rings. The number of alkyl halides is 6. The van der Waals surface area contributed by atoms with Gasteiger partial charge in [-0.15, -0.1) is 0 Å². The second-order valence-electron chi connectivity index (χ2n) is 8.12. The first-order valence-electron chi connectivity index (χ1n) is 9.83. The van der Waals surface area contributed by atoms with E-state index in [1.54, 1.807) is 0 Å². The Balaban J connectivity index is 2.58. The fourth-order valence-corrected chi connectivity index (χ4v) is 4.09. The van der Waals surface area contributed by atoms with Crippen molar-refractivity contribution in [2.75, 3.05) is 26.9 Å². The molecule has 0 aliphatic carbocycles. The summed E-state index contributed by atoms with van der Waals surface area (Å²) in [4.78, 5) is 12.5. The Labute approximate surface area is 217 Å². The van der Waals surface area contributed by atoms with E-state index in [4.69, 9.17) is 34.8 Å². The summed E-state index contributed by atoms with van der Waals surface area (Å²) < 4.78 is 110. The van der Waals surface area contributed by atoms with Crippen LogP contribution in [0.5, 0.6) is 0 Å². The molecule has 0 bridgehead atoms. The topological polar surface area (TPSA) is 37.4 Å². The third-order valence-electron chi connectivity index (χ3n) is 5.13. The van der Waals surface area contributed by atoms with Crippen LogP contribution in [0.15, 0.2) is 36.4 Å². The molecular weight excluding hydrogens is 581 g/mol. The minimum atomic E-state index is -5.14. The maximum atomic E-state index is 14.9. The van der Waals surface area contributed by atoms with E-state index in [1.807, 2.05) is 0 Å². The molecule has 2 aromatic rings. The molecule has 0 heterocycles. The highest BCUT2D eigenvalue weighted by Gasteiger charge is 2.41. The Morgan fingerprint density at radius 3 is 2.00 bits per heavy atom. The molecule has 36 heavy (non-hydrogen) atoms. The van der Waals surface area contributed by atoms with Crippen molar-refractivity contribution < 1.29 is 40.1 Å². The number of Topliss-reactive ketones (excluding diaryl/α,β-unsaturated/α-hetero) is 1. The van der Waals surface area contributed by atoms with Gasteiger partial charge in [0.25, 0.3) is 0 Å². The van der Waals surface area contributed by atoms with Gasteiger partial charge < -0.3 is 4.57 Å². The molecule has 1 atom stereocenters. The number of hydrogen-bond acceptors (Lipinski definition) is 2. The summed E-state index contributed by atoms with van der Waals surface area (Å²) in [5.41, 5.74) is -3.83. The van der Waals surface area contributed by atoms with Crippen molar-refractivity contribution in [3.63, 3.8) is 0 Å². The highest BCUT2D eigenvalue weighted by molar-refractivity contribution is 7.59. The fourth-order valence-electron chi connectivity index (χ4n) is 3.01. The standard InChI is InChI=1S/C22H18Cl3F7NO2P/c1-33(36(2,3)35)10-19(34)13-5-4-11(6-15(13)22(30,31)32)18(26)9-14(21(27,28)29)12-7-16(23)20(25)17(24)8-12/h4-9,14H,10H2,1-3H3/b18-9-. The van der Waals surface area contributed by atoms with Crippen LogP contribution in [0.25, 0.3) is 5.83 Å². The van der Waals surface area contributed by atoms with Crippen molar-refractivity contribution >= 4 is 53.7 Å². The van der Waals surface area contributed by atoms with Crippen molar-refractivity contribution in [1.82, 2.24) is 4.67 Å². The number of hydrogen-bond donors (Lipinski definition) is 0. The summed E-state index contributed by atoms with van der Waals surface area (Å²) in [7, 11) is -1.67. The maximum absolute atomic E-state index is 14.9. The van der Waals surface area contributed by atoms with E-state index >= 15 is 0 Å². The quantitative estimate of drug-likeness (QED) is 0.138. The molecule has 3 nitrogen and oxygen atoms in total. The predicted molar refractivity (Wildman–Crippen MR) is 127 cm³/mol. The number of ketones is 1. The predicted octanol–water partition coefficient (Wildman–Crippen LogP) is 8.97. The maximum Gasteiger partial charge on any atom is 0.417 e. The largest absolute Gasteiger partial charge is 0.417 e. The van der Waals surface area contributed by atoms with E-state index in [0.29, 0.717) is 6.07 Å². The second-order valence-corrected chi connectivity index (χ2v) is 12.6. The van der Waals surface area contributed by atoms with Gasteiger partial charge in [-0.25, -0.2) is 9.06 Å². The summed E-state index contributed by atoms with van der Waals surface area (Å²) in [6, 6.07) is 3.29. The van der Waals surface area contributed by atoms with Crippen LogP contribution in [-0.2, 0) is 10.7 Å². The van der Waals surface area contributed by atoms with Crippen LogP contribution in [0.2, 0.25) is 15.1 Å². The van der Waals surface area contributed by atoms with E-state index in [1.165, 1.54) is 20.4 Å². The van der Waals surface area contributed by atoms with Gasteiger partial charge in [0.2, 0.25) is 0 Å². The molecule has 0 radical (unpaired) electrons. The highest BCUT2D eigenvalue weighted by Crippen LogP contribution is 2.43. The summed E-state index contributed by atoms with van der Waals surface area (Å²) in [6.07, 6.45) is -10.1. The highest BCUT2D eigenvalue weighted by atomic mass is 35.5. The molecule has 0 aromatic heterocycles.